The molecule has 6 aliphatic heterocycles. The molecule has 2 aromatic carbocycles. The number of imide groups is 2. The summed E-state index contributed by atoms with van der Waals surface area (Å²) in [6.07, 6.45) is 7.58. The predicted molar refractivity (Wildman–Crippen MR) is 204 cm³/mol. The van der Waals surface area contributed by atoms with Crippen LogP contribution >= 0.6 is 0 Å². The molecule has 4 fully saturated rings. The van der Waals surface area contributed by atoms with Gasteiger partial charge >= 0.3 is 0 Å². The molecule has 54 heavy (non-hydrogen) atoms. The number of rotatable bonds is 8. The van der Waals surface area contributed by atoms with Gasteiger partial charge in [0.1, 0.15) is 17.6 Å². The second kappa shape index (κ2) is 14.6. The summed E-state index contributed by atoms with van der Waals surface area (Å²) in [6.45, 7) is 6.70. The number of phenols is 1. The smallest absolute Gasteiger partial charge is 0.262 e. The molecule has 0 spiro atoms. The molecule has 6 aliphatic rings. The lowest BCUT2D eigenvalue weighted by molar-refractivity contribution is -0.136. The van der Waals surface area contributed by atoms with Gasteiger partial charge in [0.15, 0.2) is 0 Å². The molecule has 2 aromatic rings. The van der Waals surface area contributed by atoms with Gasteiger partial charge in [-0.1, -0.05) is 12.1 Å². The Balaban J connectivity index is 0.812. The maximum absolute atomic E-state index is 13.3. The van der Waals surface area contributed by atoms with Gasteiger partial charge in [-0.2, -0.15) is 0 Å². The van der Waals surface area contributed by atoms with Gasteiger partial charge in [0.25, 0.3) is 11.8 Å². The summed E-state index contributed by atoms with van der Waals surface area (Å²) in [5.74, 6) is -0.554. The number of likely N-dealkylation sites (tertiary alicyclic amines) is 1. The van der Waals surface area contributed by atoms with E-state index in [9.17, 15) is 24.3 Å². The third-order valence-corrected chi connectivity index (χ3v) is 12.6. The Hall–Kier alpha value is -5.08. The van der Waals surface area contributed by atoms with Crippen molar-refractivity contribution in [2.45, 2.75) is 69.1 Å². The van der Waals surface area contributed by atoms with Gasteiger partial charge in [-0.15, -0.1) is 0 Å². The molecule has 7 N–H and O–H groups in total. The lowest BCUT2D eigenvalue weighted by atomic mass is 9.93. The Morgan fingerprint density at radius 3 is 2.43 bits per heavy atom. The highest BCUT2D eigenvalue weighted by atomic mass is 16.3. The van der Waals surface area contributed by atoms with Crippen molar-refractivity contribution in [3.8, 4) is 5.75 Å². The van der Waals surface area contributed by atoms with Crippen molar-refractivity contribution in [1.82, 2.24) is 30.2 Å². The number of nitrogens with zero attached hydrogens (tertiary/aromatic N) is 5. The fraction of sp³-hybridized carbons (Fsp3) is 0.500. The average molecular weight is 738 g/mol. The number of para-hydroxylation sites is 1. The first kappa shape index (κ1) is 35.9. The minimum Gasteiger partial charge on any atom is -0.507 e. The zero-order valence-electron chi connectivity index (χ0n) is 30.9. The zero-order chi connectivity index (χ0) is 37.7. The number of aromatic hydroxyl groups is 1. The van der Waals surface area contributed by atoms with E-state index in [0.29, 0.717) is 52.3 Å². The Bertz CT molecular complexity index is 1900. The van der Waals surface area contributed by atoms with Crippen LogP contribution in [0.2, 0.25) is 0 Å². The first-order valence-electron chi connectivity index (χ1n) is 19.4. The van der Waals surface area contributed by atoms with Gasteiger partial charge in [0.2, 0.25) is 11.8 Å². The Kier molecular flexibility index (Phi) is 9.73. The number of carbonyl (C=O) groups excluding carboxylic acids is 4. The molecular formula is C40H51N9O5. The van der Waals surface area contributed by atoms with Crippen molar-refractivity contribution in [3.63, 3.8) is 0 Å². The van der Waals surface area contributed by atoms with Crippen molar-refractivity contribution >= 4 is 35.0 Å². The van der Waals surface area contributed by atoms with E-state index in [1.165, 1.54) is 0 Å². The van der Waals surface area contributed by atoms with Crippen LogP contribution in [0.4, 0.5) is 5.69 Å². The van der Waals surface area contributed by atoms with E-state index in [1.807, 2.05) is 24.3 Å². The number of fused-ring (bicyclic) bond motifs is 2. The number of nitrogens with one attached hydrogen (secondary N) is 2. The number of hydrogen-bond donors (Lipinski definition) is 5. The van der Waals surface area contributed by atoms with Crippen LogP contribution in [-0.4, -0.2) is 125 Å². The molecule has 6 heterocycles. The summed E-state index contributed by atoms with van der Waals surface area (Å²) in [5, 5.41) is 16.0. The first-order chi connectivity index (χ1) is 26.0. The SMILES string of the molecule is CN(C1CCN(CC2CCN(c3ccc4c(c3)C(=O)N(C3CCC(=O)NC3=O)C4=O)CC2)CC1)C1CC2CNC(N)=C(/C=C(\N)c3ccccc3O)N2C1. The van der Waals surface area contributed by atoms with Gasteiger partial charge in [0.05, 0.1) is 16.8 Å². The number of piperidine rings is 3. The van der Waals surface area contributed by atoms with Crippen LogP contribution in [0, 0.1) is 5.92 Å². The van der Waals surface area contributed by atoms with E-state index < -0.39 is 23.8 Å². The summed E-state index contributed by atoms with van der Waals surface area (Å²) in [7, 11) is 2.28. The molecule has 8 rings (SSSR count). The standard InChI is InChI=1S/C40H51N9O5/c1-45(28-18-27-21-43-37(42)34(48(27)23-28)20-32(41)30-4-2-3-5-35(30)50)25-12-14-46(15-13-25)22-24-10-16-47(17-11-24)26-6-7-29-31(19-26)40(54)49(39(29)53)33-8-9-36(51)44-38(33)52/h2-7,19-20,24-25,27-28,33,43,50H,8-18,21-23,41-42H2,1H3,(H,44,51,52)/b32-20-. The molecule has 0 radical (unpaired) electrons. The number of hydrogen-bond acceptors (Lipinski definition) is 12. The number of benzene rings is 2. The fourth-order valence-electron chi connectivity index (χ4n) is 9.45. The number of phenolic OH excluding ortho intramolecular Hbond substituents is 1. The molecule has 286 valence electrons. The molecule has 3 atom stereocenters. The lowest BCUT2D eigenvalue weighted by Crippen LogP contribution is -2.54. The van der Waals surface area contributed by atoms with Crippen molar-refractivity contribution in [3.05, 3.63) is 76.7 Å². The van der Waals surface area contributed by atoms with Crippen LogP contribution in [-0.2, 0) is 9.59 Å². The summed E-state index contributed by atoms with van der Waals surface area (Å²) < 4.78 is 0. The number of nitrogens with two attached hydrogens (primary N) is 2. The molecule has 14 nitrogen and oxygen atoms in total. The second-order valence-electron chi connectivity index (χ2n) is 15.8. The van der Waals surface area contributed by atoms with Crippen LogP contribution in [0.25, 0.3) is 5.70 Å². The van der Waals surface area contributed by atoms with Gasteiger partial charge in [-0.05, 0) is 101 Å². The van der Waals surface area contributed by atoms with Crippen LogP contribution in [0.5, 0.6) is 5.75 Å². The topological polar surface area (TPSA) is 181 Å². The van der Waals surface area contributed by atoms with Crippen LogP contribution in [0.1, 0.15) is 71.2 Å². The number of likely N-dealkylation sites (N-methyl/N-ethyl adjacent to an activating group) is 1. The minimum atomic E-state index is -0.960. The van der Waals surface area contributed by atoms with Crippen LogP contribution in [0.3, 0.4) is 0 Å². The van der Waals surface area contributed by atoms with E-state index in [2.05, 4.69) is 37.3 Å². The van der Waals surface area contributed by atoms with Crippen LogP contribution < -0.4 is 27.0 Å². The molecule has 0 bridgehead atoms. The molecule has 0 saturated carbocycles. The normalized spacial score (nSPS) is 26.1. The minimum absolute atomic E-state index is 0.102. The predicted octanol–water partition coefficient (Wildman–Crippen LogP) is 1.58. The largest absolute Gasteiger partial charge is 0.507 e. The summed E-state index contributed by atoms with van der Waals surface area (Å²) in [6, 6.07) is 12.8. The van der Waals surface area contributed by atoms with E-state index in [4.69, 9.17) is 11.5 Å². The van der Waals surface area contributed by atoms with Crippen LogP contribution in [0.15, 0.2) is 60.1 Å². The van der Waals surface area contributed by atoms with Gasteiger partial charge < -0.3 is 36.6 Å². The van der Waals surface area contributed by atoms with Crippen molar-refractivity contribution < 1.29 is 24.3 Å². The Labute approximate surface area is 315 Å². The molecule has 4 amide bonds. The fourth-order valence-corrected chi connectivity index (χ4v) is 9.45. The lowest BCUT2D eigenvalue weighted by Gasteiger charge is -2.41. The molecular weight excluding hydrogens is 686 g/mol. The monoisotopic (exact) mass is 737 g/mol. The average Bonchev–Trinajstić information content (AvgIpc) is 3.71. The molecule has 0 aromatic heterocycles. The van der Waals surface area contributed by atoms with E-state index >= 15 is 0 Å². The third-order valence-electron chi connectivity index (χ3n) is 12.6. The molecule has 14 heteroatoms. The number of anilines is 1. The summed E-state index contributed by atoms with van der Waals surface area (Å²) in [4.78, 5) is 61.5. The molecule has 0 aliphatic carbocycles. The molecule has 4 saturated heterocycles. The maximum Gasteiger partial charge on any atom is 0.262 e. The highest BCUT2D eigenvalue weighted by Crippen LogP contribution is 2.35. The summed E-state index contributed by atoms with van der Waals surface area (Å²) >= 11 is 0. The Morgan fingerprint density at radius 2 is 1.69 bits per heavy atom. The van der Waals surface area contributed by atoms with Gasteiger partial charge in [0, 0.05) is 74.2 Å². The van der Waals surface area contributed by atoms with Gasteiger partial charge in [-0.3, -0.25) is 34.3 Å². The zero-order valence-corrected chi connectivity index (χ0v) is 30.9. The number of allylic oxidation sites excluding steroid dienone is 1. The molecule has 3 unspecified atom stereocenters. The van der Waals surface area contributed by atoms with Crippen molar-refractivity contribution in [2.24, 2.45) is 17.4 Å². The summed E-state index contributed by atoms with van der Waals surface area (Å²) in [5.41, 5.74) is 16.4. The van der Waals surface area contributed by atoms with Crippen molar-refractivity contribution in [1.29, 1.82) is 0 Å². The van der Waals surface area contributed by atoms with Gasteiger partial charge in [-0.25, -0.2) is 0 Å². The first-order valence-corrected chi connectivity index (χ1v) is 19.4. The quantitative estimate of drug-likeness (QED) is 0.248. The highest BCUT2D eigenvalue weighted by molar-refractivity contribution is 6.23. The van der Waals surface area contributed by atoms with E-state index in [1.54, 1.807) is 24.3 Å². The number of amides is 4. The van der Waals surface area contributed by atoms with Crippen molar-refractivity contribution in [2.75, 3.05) is 57.8 Å². The highest BCUT2D eigenvalue weighted by Gasteiger charge is 2.45. The Morgan fingerprint density at radius 1 is 0.944 bits per heavy atom. The third kappa shape index (κ3) is 6.77. The maximum atomic E-state index is 13.3. The van der Waals surface area contributed by atoms with E-state index in [0.717, 1.165) is 94.2 Å². The van der Waals surface area contributed by atoms with E-state index in [-0.39, 0.29) is 24.5 Å². The second-order valence-corrected chi connectivity index (χ2v) is 15.8. The number of carbonyl (C=O) groups is 4.